The number of carbonyl (C=O) groups excluding carboxylic acids is 2. The van der Waals surface area contributed by atoms with Gasteiger partial charge in [-0.1, -0.05) is 25.3 Å². The summed E-state index contributed by atoms with van der Waals surface area (Å²) in [5.74, 6) is 1.31. The Morgan fingerprint density at radius 1 is 0.702 bits per heavy atom. The molecule has 9 rings (SSSR count). The second kappa shape index (κ2) is 15.1. The number of carboxylic acid groups (broad SMARTS) is 1. The summed E-state index contributed by atoms with van der Waals surface area (Å²) in [6.45, 7) is 17.2. The Kier molecular flexibility index (Phi) is 10.2. The van der Waals surface area contributed by atoms with E-state index >= 15 is 0 Å². The lowest BCUT2D eigenvalue weighted by Crippen LogP contribution is -2.54. The molecule has 3 aromatic heterocycles. The molecule has 0 radical (unpaired) electrons. The predicted octanol–water partition coefficient (Wildman–Crippen LogP) is 9.17. The molecule has 0 aromatic carbocycles. The predicted molar refractivity (Wildman–Crippen MR) is 228 cm³/mol. The average molecular weight is 767 g/mol. The maximum absolute atomic E-state index is 13.4. The summed E-state index contributed by atoms with van der Waals surface area (Å²) in [5.41, 5.74) is 14.0. The molecule has 3 aromatic rings. The molecule has 0 unspecified atom stereocenters. The van der Waals surface area contributed by atoms with Crippen molar-refractivity contribution in [2.45, 2.75) is 91.9 Å². The van der Waals surface area contributed by atoms with Crippen LogP contribution in [-0.4, -0.2) is 55.9 Å². The number of aromatic amines is 2. The number of allylic oxidation sites excluding steroid dienone is 4. The van der Waals surface area contributed by atoms with E-state index in [2.05, 4.69) is 53.7 Å². The molecule has 0 spiro atoms. The number of carbonyl (C=O) groups is 3. The van der Waals surface area contributed by atoms with Gasteiger partial charge in [0.2, 0.25) is 11.8 Å². The highest BCUT2D eigenvalue weighted by atomic mass is 16.4. The average Bonchev–Trinajstić information content (AvgIpc) is 3.83. The largest absolute Gasteiger partial charge is 0.481 e. The third-order valence-corrected chi connectivity index (χ3v) is 13.5. The number of rotatable bonds is 12. The van der Waals surface area contributed by atoms with Gasteiger partial charge in [-0.2, -0.15) is 0 Å². The van der Waals surface area contributed by atoms with Crippen LogP contribution in [0.25, 0.3) is 56.5 Å². The minimum Gasteiger partial charge on any atom is -0.481 e. The number of aromatic nitrogens is 4. The van der Waals surface area contributed by atoms with Gasteiger partial charge in [-0.15, -0.1) is 0 Å². The summed E-state index contributed by atoms with van der Waals surface area (Å²) < 4.78 is 0. The van der Waals surface area contributed by atoms with E-state index in [1.807, 2.05) is 44.2 Å². The molecule has 5 heterocycles. The zero-order chi connectivity index (χ0) is 40.2. The molecule has 0 atom stereocenters. The lowest BCUT2D eigenvalue weighted by Gasteiger charge is -2.55. The first-order chi connectivity index (χ1) is 27.4. The summed E-state index contributed by atoms with van der Waals surface area (Å²) in [6.07, 6.45) is 11.6. The van der Waals surface area contributed by atoms with Crippen molar-refractivity contribution in [3.63, 3.8) is 0 Å². The molecule has 6 aliphatic rings. The summed E-state index contributed by atoms with van der Waals surface area (Å²) in [5, 5.41) is 15.9. The quantitative estimate of drug-likeness (QED) is 0.116. The fourth-order valence-electron chi connectivity index (χ4n) is 10.8. The standard InChI is InChI=1S/C47H54N6O4/c1-7-32-25(3)36-18-37-27(5)34(9-11-44(54)48-13-14-49-46(57)47-22-29-15-30(23-47)17-31(16-29)24-47)42(52-37)21-43-35(10-12-45(55)56)28(6)39(53-43)20-41-33(8-2)26(4)38(51-41)19-40(32)50-36/h7-8,18-21,29-31,50-51H,1-2,9-17,22-24H2,3-6H3,(H,48,54)(H,49,57)(H,55,56). The van der Waals surface area contributed by atoms with Gasteiger partial charge >= 0.3 is 5.97 Å². The number of nitrogens with one attached hydrogen (secondary N) is 4. The number of carboxylic acids is 1. The highest BCUT2D eigenvalue weighted by Gasteiger charge is 2.54. The van der Waals surface area contributed by atoms with Gasteiger partial charge in [0.25, 0.3) is 0 Å². The van der Waals surface area contributed by atoms with Crippen LogP contribution in [0.3, 0.4) is 0 Å². The van der Waals surface area contributed by atoms with Crippen LogP contribution >= 0.6 is 0 Å². The van der Waals surface area contributed by atoms with E-state index in [9.17, 15) is 19.5 Å². The molecule has 4 fully saturated rings. The van der Waals surface area contributed by atoms with E-state index in [0.29, 0.717) is 55.1 Å². The molecule has 12 bridgehead atoms. The van der Waals surface area contributed by atoms with Crippen molar-refractivity contribution in [2.75, 3.05) is 13.1 Å². The zero-order valence-corrected chi connectivity index (χ0v) is 33.7. The van der Waals surface area contributed by atoms with Gasteiger partial charge in [-0.3, -0.25) is 14.4 Å². The van der Waals surface area contributed by atoms with Crippen molar-refractivity contribution < 1.29 is 19.5 Å². The Labute approximate surface area is 334 Å². The first-order valence-electron chi connectivity index (χ1n) is 20.5. The Bertz CT molecular complexity index is 2420. The summed E-state index contributed by atoms with van der Waals surface area (Å²) in [6, 6.07) is 8.08. The Morgan fingerprint density at radius 2 is 1.18 bits per heavy atom. The molecule has 296 valence electrons. The van der Waals surface area contributed by atoms with Gasteiger partial charge in [0.15, 0.2) is 0 Å². The summed E-state index contributed by atoms with van der Waals surface area (Å²) in [7, 11) is 0. The normalized spacial score (nSPS) is 22.2. The molecule has 2 amide bonds. The van der Waals surface area contributed by atoms with E-state index in [1.165, 1.54) is 19.3 Å². The third-order valence-electron chi connectivity index (χ3n) is 13.5. The van der Waals surface area contributed by atoms with Crippen LogP contribution in [0.4, 0.5) is 0 Å². The van der Waals surface area contributed by atoms with Crippen molar-refractivity contribution in [3.8, 4) is 0 Å². The van der Waals surface area contributed by atoms with E-state index < -0.39 is 5.97 Å². The van der Waals surface area contributed by atoms with Gasteiger partial charge in [-0.25, -0.2) is 9.97 Å². The Morgan fingerprint density at radius 3 is 1.70 bits per heavy atom. The van der Waals surface area contributed by atoms with Crippen LogP contribution in [0, 0.1) is 37.0 Å². The van der Waals surface area contributed by atoms with Crippen LogP contribution in [0.15, 0.2) is 37.4 Å². The number of hydrogen-bond acceptors (Lipinski definition) is 5. The van der Waals surface area contributed by atoms with Crippen LogP contribution < -0.4 is 10.6 Å². The lowest BCUT2D eigenvalue weighted by molar-refractivity contribution is -0.146. The van der Waals surface area contributed by atoms with Gasteiger partial charge in [-0.05, 0) is 155 Å². The highest BCUT2D eigenvalue weighted by Crippen LogP contribution is 2.60. The van der Waals surface area contributed by atoms with Crippen molar-refractivity contribution in [1.82, 2.24) is 30.6 Å². The van der Waals surface area contributed by atoms with Crippen molar-refractivity contribution in [3.05, 3.63) is 82.5 Å². The van der Waals surface area contributed by atoms with Crippen LogP contribution in [0.2, 0.25) is 0 Å². The second-order valence-electron chi connectivity index (χ2n) is 17.1. The molecule has 10 heteroatoms. The van der Waals surface area contributed by atoms with Gasteiger partial charge in [0.1, 0.15) is 0 Å². The highest BCUT2D eigenvalue weighted by molar-refractivity contribution is 5.97. The minimum absolute atomic E-state index is 0.0339. The van der Waals surface area contributed by atoms with E-state index in [0.717, 1.165) is 97.3 Å². The molecule has 10 nitrogen and oxygen atoms in total. The van der Waals surface area contributed by atoms with Gasteiger partial charge in [0.05, 0.1) is 22.8 Å². The van der Waals surface area contributed by atoms with Gasteiger partial charge < -0.3 is 25.7 Å². The molecular weight excluding hydrogens is 713 g/mol. The number of fused-ring (bicyclic) bond motifs is 8. The molecule has 2 aliphatic heterocycles. The second-order valence-corrected chi connectivity index (χ2v) is 17.1. The monoisotopic (exact) mass is 766 g/mol. The number of amides is 2. The molecular formula is C47H54N6O4. The maximum atomic E-state index is 13.4. The Hall–Kier alpha value is -5.51. The van der Waals surface area contributed by atoms with E-state index in [-0.39, 0.29) is 30.1 Å². The van der Waals surface area contributed by atoms with Crippen molar-refractivity contribution >= 4 is 74.3 Å². The number of H-pyrrole nitrogens is 2. The summed E-state index contributed by atoms with van der Waals surface area (Å²) >= 11 is 0. The van der Waals surface area contributed by atoms with E-state index in [4.69, 9.17) is 9.97 Å². The SMILES string of the molecule is C=Cc1c(C)c2cc3[nH]c(cc4nc(cc5nc(cc1[nH]2)C(C)=C5CCC(=O)O)C(CCC(=O)NCCNC(=O)C12CC5CC(CC(C5)C1)C2)=C4C)c(C)c3C=C. The minimum atomic E-state index is -0.878. The smallest absolute Gasteiger partial charge is 0.303 e. The Balaban J connectivity index is 1.10. The van der Waals surface area contributed by atoms with Crippen LogP contribution in [-0.2, 0) is 14.4 Å². The molecule has 4 aliphatic carbocycles. The molecule has 57 heavy (non-hydrogen) atoms. The third kappa shape index (κ3) is 7.19. The zero-order valence-electron chi connectivity index (χ0n) is 33.7. The van der Waals surface area contributed by atoms with Crippen LogP contribution in [0.5, 0.6) is 0 Å². The van der Waals surface area contributed by atoms with Gasteiger partial charge in [0, 0.05) is 64.5 Å². The first-order valence-corrected chi connectivity index (χ1v) is 20.5. The fraction of sp³-hybridized carbons (Fsp3) is 0.426. The molecule has 0 saturated heterocycles. The lowest BCUT2D eigenvalue weighted by atomic mass is 9.49. The van der Waals surface area contributed by atoms with Crippen LogP contribution in [0.1, 0.15) is 123 Å². The molecule has 5 N–H and O–H groups in total. The fourth-order valence-corrected chi connectivity index (χ4v) is 10.8. The van der Waals surface area contributed by atoms with Crippen molar-refractivity contribution in [2.24, 2.45) is 23.2 Å². The van der Waals surface area contributed by atoms with Crippen molar-refractivity contribution in [1.29, 1.82) is 0 Å². The maximum Gasteiger partial charge on any atom is 0.303 e. The number of aryl methyl sites for hydroxylation is 2. The summed E-state index contributed by atoms with van der Waals surface area (Å²) in [4.78, 5) is 55.9. The first kappa shape index (κ1) is 38.4. The number of nitrogens with zero attached hydrogens (tertiary/aromatic N) is 2. The number of hydrogen-bond donors (Lipinski definition) is 5. The number of aliphatic carboxylic acids is 1. The topological polar surface area (TPSA) is 153 Å². The molecule has 4 saturated carbocycles. The van der Waals surface area contributed by atoms with E-state index in [1.54, 1.807) is 0 Å².